The number of carbonyl (C=O) groups is 1. The van der Waals surface area contributed by atoms with Gasteiger partial charge in [-0.25, -0.2) is 15.7 Å². The SMILES string of the molecule is CCn1c(SCC2CCC(C(=O)NN)O2)n[nH]c1=O. The van der Waals surface area contributed by atoms with Crippen LogP contribution in [0.3, 0.4) is 0 Å². The number of hydrogen-bond acceptors (Lipinski definition) is 6. The fourth-order valence-corrected chi connectivity index (χ4v) is 3.03. The molecule has 1 aliphatic rings. The third kappa shape index (κ3) is 3.17. The van der Waals surface area contributed by atoms with Gasteiger partial charge >= 0.3 is 5.69 Å². The Hall–Kier alpha value is -1.32. The molecule has 0 aromatic carbocycles. The second kappa shape index (κ2) is 6.22. The van der Waals surface area contributed by atoms with E-state index in [0.717, 1.165) is 6.42 Å². The van der Waals surface area contributed by atoms with E-state index < -0.39 is 6.10 Å². The molecule has 0 saturated carbocycles. The summed E-state index contributed by atoms with van der Waals surface area (Å²) >= 11 is 1.44. The maximum atomic E-state index is 11.4. The summed E-state index contributed by atoms with van der Waals surface area (Å²) in [5, 5.41) is 7.01. The maximum absolute atomic E-state index is 11.4. The quantitative estimate of drug-likeness (QED) is 0.283. The van der Waals surface area contributed by atoms with Crippen molar-refractivity contribution in [3.05, 3.63) is 10.5 Å². The Balaban J connectivity index is 1.87. The number of nitrogens with zero attached hydrogens (tertiary/aromatic N) is 2. The molecular formula is C10H17N5O3S. The monoisotopic (exact) mass is 287 g/mol. The van der Waals surface area contributed by atoms with Crippen LogP contribution in [-0.2, 0) is 16.1 Å². The van der Waals surface area contributed by atoms with Crippen LogP contribution in [0.1, 0.15) is 19.8 Å². The second-order valence-corrected chi connectivity index (χ2v) is 5.19. The topological polar surface area (TPSA) is 115 Å². The normalized spacial score (nSPS) is 22.6. The van der Waals surface area contributed by atoms with Crippen LogP contribution in [0.4, 0.5) is 0 Å². The van der Waals surface area contributed by atoms with Gasteiger partial charge in [0.05, 0.1) is 6.10 Å². The number of hydrogen-bond donors (Lipinski definition) is 3. The molecule has 0 radical (unpaired) electrons. The minimum absolute atomic E-state index is 0.0237. The average Bonchev–Trinajstić information content (AvgIpc) is 3.02. The molecule has 4 N–H and O–H groups in total. The lowest BCUT2D eigenvalue weighted by Crippen LogP contribution is -2.39. The summed E-state index contributed by atoms with van der Waals surface area (Å²) in [5.74, 6) is 5.42. The largest absolute Gasteiger partial charge is 0.364 e. The Kier molecular flexibility index (Phi) is 4.61. The summed E-state index contributed by atoms with van der Waals surface area (Å²) in [6.07, 6.45) is 0.967. The number of nitrogens with one attached hydrogen (secondary N) is 2. The van der Waals surface area contributed by atoms with Gasteiger partial charge in [0, 0.05) is 12.3 Å². The Morgan fingerprint density at radius 1 is 1.68 bits per heavy atom. The minimum Gasteiger partial charge on any atom is -0.364 e. The van der Waals surface area contributed by atoms with Crippen molar-refractivity contribution < 1.29 is 9.53 Å². The highest BCUT2D eigenvalue weighted by Gasteiger charge is 2.30. The molecule has 106 valence electrons. The van der Waals surface area contributed by atoms with Crippen molar-refractivity contribution in [1.29, 1.82) is 0 Å². The van der Waals surface area contributed by atoms with Crippen LogP contribution in [0.25, 0.3) is 0 Å². The van der Waals surface area contributed by atoms with Crippen molar-refractivity contribution in [2.45, 2.75) is 43.7 Å². The van der Waals surface area contributed by atoms with Gasteiger partial charge in [0.25, 0.3) is 5.91 Å². The average molecular weight is 287 g/mol. The fraction of sp³-hybridized carbons (Fsp3) is 0.700. The molecule has 1 amide bonds. The summed E-state index contributed by atoms with van der Waals surface area (Å²) in [6, 6.07) is 0. The Bertz CT molecular complexity index is 500. The van der Waals surface area contributed by atoms with Crippen molar-refractivity contribution in [2.24, 2.45) is 5.84 Å². The highest BCUT2D eigenvalue weighted by atomic mass is 32.2. The second-order valence-electron chi connectivity index (χ2n) is 4.20. The van der Waals surface area contributed by atoms with Gasteiger partial charge in [-0.1, -0.05) is 11.8 Å². The van der Waals surface area contributed by atoms with Crippen molar-refractivity contribution in [3.8, 4) is 0 Å². The molecular weight excluding hydrogens is 270 g/mol. The molecule has 1 fully saturated rings. The van der Waals surface area contributed by atoms with E-state index in [0.29, 0.717) is 23.9 Å². The first-order chi connectivity index (χ1) is 9.15. The molecule has 0 bridgehead atoms. The van der Waals surface area contributed by atoms with Gasteiger partial charge in [-0.15, -0.1) is 5.10 Å². The Labute approximate surface area is 114 Å². The van der Waals surface area contributed by atoms with E-state index in [1.165, 1.54) is 11.8 Å². The number of aromatic amines is 1. The van der Waals surface area contributed by atoms with E-state index in [9.17, 15) is 9.59 Å². The van der Waals surface area contributed by atoms with Gasteiger partial charge in [-0.3, -0.25) is 14.8 Å². The van der Waals surface area contributed by atoms with Crippen molar-refractivity contribution >= 4 is 17.7 Å². The lowest BCUT2D eigenvalue weighted by Gasteiger charge is -2.11. The van der Waals surface area contributed by atoms with Gasteiger partial charge in [0.1, 0.15) is 6.10 Å². The van der Waals surface area contributed by atoms with E-state index in [2.05, 4.69) is 15.6 Å². The molecule has 9 heteroatoms. The first-order valence-electron chi connectivity index (χ1n) is 6.09. The zero-order valence-electron chi connectivity index (χ0n) is 10.6. The third-order valence-electron chi connectivity index (χ3n) is 2.98. The van der Waals surface area contributed by atoms with Crippen molar-refractivity contribution in [3.63, 3.8) is 0 Å². The molecule has 1 aliphatic heterocycles. The molecule has 19 heavy (non-hydrogen) atoms. The highest BCUT2D eigenvalue weighted by Crippen LogP contribution is 2.25. The van der Waals surface area contributed by atoms with Crippen LogP contribution in [0.5, 0.6) is 0 Å². The number of H-pyrrole nitrogens is 1. The van der Waals surface area contributed by atoms with Gasteiger partial charge in [-0.2, -0.15) is 0 Å². The molecule has 0 spiro atoms. The van der Waals surface area contributed by atoms with E-state index in [1.807, 2.05) is 6.92 Å². The predicted molar refractivity (Wildman–Crippen MR) is 69.5 cm³/mol. The summed E-state index contributed by atoms with van der Waals surface area (Å²) in [7, 11) is 0. The number of amides is 1. The zero-order chi connectivity index (χ0) is 13.8. The number of ether oxygens (including phenoxy) is 1. The number of thioether (sulfide) groups is 1. The van der Waals surface area contributed by atoms with Gasteiger partial charge < -0.3 is 4.74 Å². The first kappa shape index (κ1) is 14.1. The van der Waals surface area contributed by atoms with E-state index in [1.54, 1.807) is 4.57 Å². The fourth-order valence-electron chi connectivity index (χ4n) is 1.97. The molecule has 0 aliphatic carbocycles. The maximum Gasteiger partial charge on any atom is 0.343 e. The molecule has 2 rings (SSSR count). The number of nitrogens with two attached hydrogens (primary N) is 1. The predicted octanol–water partition coefficient (Wildman–Crippen LogP) is -0.779. The van der Waals surface area contributed by atoms with Gasteiger partial charge in [0.15, 0.2) is 5.16 Å². The number of aromatic nitrogens is 3. The van der Waals surface area contributed by atoms with Crippen molar-refractivity contribution in [2.75, 3.05) is 5.75 Å². The first-order valence-corrected chi connectivity index (χ1v) is 7.08. The molecule has 1 saturated heterocycles. The summed E-state index contributed by atoms with van der Waals surface area (Å²) < 4.78 is 7.14. The number of carbonyl (C=O) groups excluding carboxylic acids is 1. The standard InChI is InChI=1S/C10H17N5O3S/c1-2-15-9(17)13-14-10(15)19-5-6-3-4-7(18-6)8(16)12-11/h6-7H,2-5,11H2,1H3,(H,12,16)(H,13,17). The minimum atomic E-state index is -0.469. The highest BCUT2D eigenvalue weighted by molar-refractivity contribution is 7.99. The summed E-state index contributed by atoms with van der Waals surface area (Å²) in [6.45, 7) is 2.45. The van der Waals surface area contributed by atoms with Crippen LogP contribution in [-0.4, -0.2) is 38.6 Å². The molecule has 1 aromatic heterocycles. The summed E-state index contributed by atoms with van der Waals surface area (Å²) in [5.41, 5.74) is 1.88. The van der Waals surface area contributed by atoms with Crippen LogP contribution >= 0.6 is 11.8 Å². The van der Waals surface area contributed by atoms with E-state index >= 15 is 0 Å². The van der Waals surface area contributed by atoms with E-state index in [4.69, 9.17) is 10.6 Å². The van der Waals surface area contributed by atoms with Gasteiger partial charge in [-0.05, 0) is 19.8 Å². The third-order valence-corrected chi connectivity index (χ3v) is 4.09. The number of rotatable bonds is 5. The molecule has 1 aromatic rings. The zero-order valence-corrected chi connectivity index (χ0v) is 11.4. The van der Waals surface area contributed by atoms with Crippen LogP contribution in [0.15, 0.2) is 9.95 Å². The lowest BCUT2D eigenvalue weighted by atomic mass is 10.2. The van der Waals surface area contributed by atoms with Crippen LogP contribution < -0.4 is 17.0 Å². The molecule has 2 atom stereocenters. The Morgan fingerprint density at radius 3 is 3.16 bits per heavy atom. The molecule has 8 nitrogen and oxygen atoms in total. The summed E-state index contributed by atoms with van der Waals surface area (Å²) in [4.78, 5) is 22.7. The Morgan fingerprint density at radius 2 is 2.47 bits per heavy atom. The van der Waals surface area contributed by atoms with Crippen molar-refractivity contribution in [1.82, 2.24) is 20.2 Å². The van der Waals surface area contributed by atoms with Crippen LogP contribution in [0.2, 0.25) is 0 Å². The van der Waals surface area contributed by atoms with Crippen LogP contribution in [0, 0.1) is 0 Å². The molecule has 2 heterocycles. The van der Waals surface area contributed by atoms with E-state index in [-0.39, 0.29) is 17.7 Å². The van der Waals surface area contributed by atoms with Gasteiger partial charge in [0.2, 0.25) is 0 Å². The molecule has 2 unspecified atom stereocenters. The number of hydrazine groups is 1. The lowest BCUT2D eigenvalue weighted by molar-refractivity contribution is -0.131. The smallest absolute Gasteiger partial charge is 0.343 e.